The standard InChI is InChI=1S/C14H16BrN3OS/c15-10-3-17-12(11-9(10)1-2-20-11)18-7-13-4-14(5-13,6-16)19-8-13/h1-3H,4-8,16H2,(H,17,18). The topological polar surface area (TPSA) is 60.2 Å². The molecule has 4 heterocycles. The van der Waals surface area contributed by atoms with Gasteiger partial charge in [-0.3, -0.25) is 0 Å². The van der Waals surface area contributed by atoms with Crippen molar-refractivity contribution in [3.63, 3.8) is 0 Å². The number of pyridine rings is 1. The summed E-state index contributed by atoms with van der Waals surface area (Å²) < 4.78 is 8.11. The Labute approximate surface area is 129 Å². The van der Waals surface area contributed by atoms with E-state index in [1.165, 1.54) is 10.1 Å². The number of nitrogens with zero attached hydrogens (tertiary/aromatic N) is 1. The Kier molecular flexibility index (Phi) is 2.86. The zero-order chi connectivity index (χ0) is 13.8. The Balaban J connectivity index is 1.53. The Morgan fingerprint density at radius 1 is 1.50 bits per heavy atom. The number of rotatable bonds is 4. The largest absolute Gasteiger partial charge is 0.373 e. The second-order valence-electron chi connectivity index (χ2n) is 6.00. The normalized spacial score (nSPS) is 31.5. The van der Waals surface area contributed by atoms with Crippen LogP contribution >= 0.6 is 27.3 Å². The zero-order valence-electron chi connectivity index (χ0n) is 11.0. The Morgan fingerprint density at radius 2 is 2.35 bits per heavy atom. The van der Waals surface area contributed by atoms with E-state index in [-0.39, 0.29) is 11.0 Å². The number of nitrogens with two attached hydrogens (primary N) is 1. The van der Waals surface area contributed by atoms with Crippen LogP contribution in [0, 0.1) is 5.41 Å². The molecule has 3 fully saturated rings. The van der Waals surface area contributed by atoms with Crippen LogP contribution in [0.25, 0.3) is 10.1 Å². The number of anilines is 1. The van der Waals surface area contributed by atoms with E-state index in [4.69, 9.17) is 10.5 Å². The summed E-state index contributed by atoms with van der Waals surface area (Å²) in [6, 6.07) is 2.12. The summed E-state index contributed by atoms with van der Waals surface area (Å²) in [6.45, 7) is 2.37. The monoisotopic (exact) mass is 353 g/mol. The summed E-state index contributed by atoms with van der Waals surface area (Å²) in [4.78, 5) is 4.51. The van der Waals surface area contributed by atoms with Crippen molar-refractivity contribution in [2.75, 3.05) is 25.0 Å². The number of hydrogen-bond acceptors (Lipinski definition) is 5. The number of nitrogens with one attached hydrogen (secondary N) is 1. The van der Waals surface area contributed by atoms with Gasteiger partial charge in [-0.05, 0) is 40.2 Å². The van der Waals surface area contributed by atoms with E-state index in [2.05, 4.69) is 37.7 Å². The first kappa shape index (κ1) is 13.0. The van der Waals surface area contributed by atoms with Gasteiger partial charge in [-0.15, -0.1) is 11.3 Å². The molecule has 0 spiro atoms. The van der Waals surface area contributed by atoms with Gasteiger partial charge in [0.05, 0.1) is 16.9 Å². The summed E-state index contributed by atoms with van der Waals surface area (Å²) in [5, 5.41) is 6.84. The maximum Gasteiger partial charge on any atom is 0.144 e. The third kappa shape index (κ3) is 1.82. The van der Waals surface area contributed by atoms with Crippen molar-refractivity contribution in [2.45, 2.75) is 18.4 Å². The molecule has 0 amide bonds. The lowest BCUT2D eigenvalue weighted by molar-refractivity contribution is -0.00353. The first-order valence-corrected chi connectivity index (χ1v) is 8.42. The summed E-state index contributed by atoms with van der Waals surface area (Å²) in [5.74, 6) is 0.977. The van der Waals surface area contributed by atoms with Crippen molar-refractivity contribution >= 4 is 43.2 Å². The number of fused-ring (bicyclic) bond motifs is 2. The Hall–Kier alpha value is -0.690. The number of thiophene rings is 1. The molecule has 1 aliphatic carbocycles. The van der Waals surface area contributed by atoms with Gasteiger partial charge in [-0.25, -0.2) is 4.98 Å². The fourth-order valence-corrected chi connectivity index (χ4v) is 4.98. The smallest absolute Gasteiger partial charge is 0.144 e. The molecule has 2 aromatic rings. The predicted octanol–water partition coefficient (Wildman–Crippen LogP) is 2.98. The van der Waals surface area contributed by atoms with E-state index in [0.717, 1.165) is 36.3 Å². The molecule has 2 aromatic heterocycles. The van der Waals surface area contributed by atoms with Crippen molar-refractivity contribution in [3.05, 3.63) is 22.1 Å². The lowest BCUT2D eigenvalue weighted by Gasteiger charge is -2.44. The third-order valence-corrected chi connectivity index (χ3v) is 6.08. The van der Waals surface area contributed by atoms with Crippen LogP contribution in [-0.4, -0.2) is 30.3 Å². The van der Waals surface area contributed by atoms with Crippen LogP contribution in [-0.2, 0) is 4.74 Å². The summed E-state index contributed by atoms with van der Waals surface area (Å²) in [5.41, 5.74) is 6.03. The molecule has 2 bridgehead atoms. The van der Waals surface area contributed by atoms with E-state index in [9.17, 15) is 0 Å². The molecule has 0 unspecified atom stereocenters. The van der Waals surface area contributed by atoms with E-state index in [1.54, 1.807) is 11.3 Å². The fourth-order valence-electron chi connectivity index (χ4n) is 3.53. The van der Waals surface area contributed by atoms with Crippen LogP contribution in [0.1, 0.15) is 12.8 Å². The number of aromatic nitrogens is 1. The van der Waals surface area contributed by atoms with Gasteiger partial charge in [0.2, 0.25) is 0 Å². The molecule has 6 heteroatoms. The molecule has 0 atom stereocenters. The quantitative estimate of drug-likeness (QED) is 0.886. The second kappa shape index (κ2) is 4.40. The predicted molar refractivity (Wildman–Crippen MR) is 85.2 cm³/mol. The lowest BCUT2D eigenvalue weighted by Crippen LogP contribution is -2.51. The van der Waals surface area contributed by atoms with E-state index >= 15 is 0 Å². The molecule has 0 radical (unpaired) electrons. The molecule has 0 aromatic carbocycles. The van der Waals surface area contributed by atoms with Crippen molar-refractivity contribution in [3.8, 4) is 0 Å². The molecule has 20 heavy (non-hydrogen) atoms. The molecule has 2 saturated heterocycles. The first-order valence-electron chi connectivity index (χ1n) is 6.75. The van der Waals surface area contributed by atoms with Gasteiger partial charge >= 0.3 is 0 Å². The van der Waals surface area contributed by atoms with Crippen LogP contribution < -0.4 is 11.1 Å². The average molecular weight is 354 g/mol. The van der Waals surface area contributed by atoms with Crippen molar-refractivity contribution in [2.24, 2.45) is 11.1 Å². The number of ether oxygens (including phenoxy) is 1. The molecule has 1 saturated carbocycles. The summed E-state index contributed by atoms with van der Waals surface area (Å²) in [6.07, 6.45) is 4.02. The number of halogens is 1. The van der Waals surface area contributed by atoms with Crippen molar-refractivity contribution in [1.82, 2.24) is 4.98 Å². The summed E-state index contributed by atoms with van der Waals surface area (Å²) >= 11 is 5.26. The van der Waals surface area contributed by atoms with Gasteiger partial charge in [-0.2, -0.15) is 0 Å². The highest BCUT2D eigenvalue weighted by atomic mass is 79.9. The maximum absolute atomic E-state index is 5.86. The summed E-state index contributed by atoms with van der Waals surface area (Å²) in [7, 11) is 0. The van der Waals surface area contributed by atoms with Gasteiger partial charge in [0.1, 0.15) is 5.82 Å². The van der Waals surface area contributed by atoms with Crippen LogP contribution in [0.2, 0.25) is 0 Å². The SMILES string of the molecule is NCC12CC(CNc3ncc(Br)c4ccsc34)(CO1)C2. The highest BCUT2D eigenvalue weighted by molar-refractivity contribution is 9.10. The van der Waals surface area contributed by atoms with Gasteiger partial charge in [0.25, 0.3) is 0 Å². The van der Waals surface area contributed by atoms with Gasteiger partial charge in [-0.1, -0.05) is 0 Å². The molecule has 5 rings (SSSR count). The minimum absolute atomic E-state index is 0.0208. The van der Waals surface area contributed by atoms with Crippen LogP contribution in [0.4, 0.5) is 5.82 Å². The third-order valence-electron chi connectivity index (χ3n) is 4.53. The average Bonchev–Trinajstić information content (AvgIpc) is 3.10. The minimum Gasteiger partial charge on any atom is -0.373 e. The van der Waals surface area contributed by atoms with Crippen LogP contribution in [0.15, 0.2) is 22.1 Å². The molecule has 106 valence electrons. The van der Waals surface area contributed by atoms with Gasteiger partial charge < -0.3 is 15.8 Å². The van der Waals surface area contributed by atoms with Crippen molar-refractivity contribution in [1.29, 1.82) is 0 Å². The molecule has 4 nitrogen and oxygen atoms in total. The second-order valence-corrected chi connectivity index (χ2v) is 7.77. The van der Waals surface area contributed by atoms with Crippen LogP contribution in [0.5, 0.6) is 0 Å². The van der Waals surface area contributed by atoms with Gasteiger partial charge in [0, 0.05) is 34.6 Å². The minimum atomic E-state index is -0.0208. The van der Waals surface area contributed by atoms with E-state index in [1.807, 2.05) is 6.20 Å². The molecule has 3 N–H and O–H groups in total. The van der Waals surface area contributed by atoms with Crippen molar-refractivity contribution < 1.29 is 4.74 Å². The fraction of sp³-hybridized carbons (Fsp3) is 0.500. The molecular formula is C14H16BrN3OS. The van der Waals surface area contributed by atoms with E-state index in [0.29, 0.717) is 6.54 Å². The van der Waals surface area contributed by atoms with Crippen LogP contribution in [0.3, 0.4) is 0 Å². The Bertz CT molecular complexity index is 665. The maximum atomic E-state index is 5.86. The zero-order valence-corrected chi connectivity index (χ0v) is 13.4. The number of hydrogen-bond donors (Lipinski definition) is 2. The lowest BCUT2D eigenvalue weighted by atomic mass is 9.62. The highest BCUT2D eigenvalue weighted by Crippen LogP contribution is 2.57. The highest BCUT2D eigenvalue weighted by Gasteiger charge is 2.61. The van der Waals surface area contributed by atoms with Gasteiger partial charge in [0.15, 0.2) is 0 Å². The van der Waals surface area contributed by atoms with E-state index < -0.39 is 0 Å². The first-order chi connectivity index (χ1) is 9.65. The Morgan fingerprint density at radius 3 is 3.10 bits per heavy atom. The molecule has 2 aliphatic heterocycles. The molecular weight excluding hydrogens is 338 g/mol. The molecule has 3 aliphatic rings.